The maximum atomic E-state index is 12.6. The Morgan fingerprint density at radius 3 is 2.45 bits per heavy atom. The number of likely N-dealkylation sites (tertiary alicyclic amines) is 1. The van der Waals surface area contributed by atoms with E-state index in [0.717, 1.165) is 30.6 Å². The molecule has 0 aliphatic carbocycles. The maximum absolute atomic E-state index is 12.6. The van der Waals surface area contributed by atoms with Crippen molar-refractivity contribution in [2.24, 2.45) is 0 Å². The summed E-state index contributed by atoms with van der Waals surface area (Å²) < 4.78 is 12.1. The van der Waals surface area contributed by atoms with Gasteiger partial charge in [-0.3, -0.25) is 9.59 Å². The van der Waals surface area contributed by atoms with Crippen molar-refractivity contribution in [3.05, 3.63) is 60.2 Å². The molecular weight excluding hydrogens is 392 g/mol. The van der Waals surface area contributed by atoms with Crippen LogP contribution in [0.25, 0.3) is 0 Å². The third kappa shape index (κ3) is 4.84. The predicted octanol–water partition coefficient (Wildman–Crippen LogP) is 3.47. The van der Waals surface area contributed by atoms with E-state index < -0.39 is 0 Å². The zero-order valence-corrected chi connectivity index (χ0v) is 18.3. The van der Waals surface area contributed by atoms with E-state index >= 15 is 0 Å². The third-order valence-corrected chi connectivity index (χ3v) is 6.36. The first kappa shape index (κ1) is 21.2. The van der Waals surface area contributed by atoms with Gasteiger partial charge in [0.25, 0.3) is 5.91 Å². The number of ether oxygens (including phenoxy) is 2. The summed E-state index contributed by atoms with van der Waals surface area (Å²) in [5, 5.41) is 0. The molecule has 1 atom stereocenters. The van der Waals surface area contributed by atoms with E-state index in [2.05, 4.69) is 6.07 Å². The molecule has 0 aromatic heterocycles. The molecule has 1 spiro atoms. The molecule has 2 aliphatic rings. The van der Waals surface area contributed by atoms with Crippen LogP contribution in [0.3, 0.4) is 0 Å². The van der Waals surface area contributed by atoms with Gasteiger partial charge in [-0.15, -0.1) is 0 Å². The molecule has 0 radical (unpaired) electrons. The van der Waals surface area contributed by atoms with E-state index in [4.69, 9.17) is 9.47 Å². The first-order valence-corrected chi connectivity index (χ1v) is 10.9. The zero-order chi connectivity index (χ0) is 21.8. The van der Waals surface area contributed by atoms with Gasteiger partial charge < -0.3 is 19.3 Å². The van der Waals surface area contributed by atoms with Crippen LogP contribution in [0.5, 0.6) is 11.5 Å². The van der Waals surface area contributed by atoms with E-state index in [1.807, 2.05) is 53.4 Å². The number of hydrogen-bond acceptors (Lipinski definition) is 4. The summed E-state index contributed by atoms with van der Waals surface area (Å²) in [7, 11) is 3.59. The Labute approximate surface area is 183 Å². The van der Waals surface area contributed by atoms with Gasteiger partial charge in [0.15, 0.2) is 6.61 Å². The fourth-order valence-electron chi connectivity index (χ4n) is 4.54. The summed E-state index contributed by atoms with van der Waals surface area (Å²) in [6.45, 7) is 1.31. The van der Waals surface area contributed by atoms with Gasteiger partial charge in [-0.1, -0.05) is 36.4 Å². The average molecular weight is 423 g/mol. The van der Waals surface area contributed by atoms with Gasteiger partial charge in [0.1, 0.15) is 17.1 Å². The summed E-state index contributed by atoms with van der Waals surface area (Å²) >= 11 is 0. The van der Waals surface area contributed by atoms with Gasteiger partial charge in [0.2, 0.25) is 5.91 Å². The normalized spacial score (nSPS) is 19.3. The lowest BCUT2D eigenvalue weighted by atomic mass is 9.76. The summed E-state index contributed by atoms with van der Waals surface area (Å²) in [6.07, 6.45) is 2.78. The van der Waals surface area contributed by atoms with Gasteiger partial charge in [0.05, 0.1) is 0 Å². The first-order valence-electron chi connectivity index (χ1n) is 10.9. The van der Waals surface area contributed by atoms with E-state index in [1.165, 1.54) is 0 Å². The van der Waals surface area contributed by atoms with Crippen molar-refractivity contribution in [1.29, 1.82) is 0 Å². The summed E-state index contributed by atoms with van der Waals surface area (Å²) in [5.41, 5.74) is 0.779. The van der Waals surface area contributed by atoms with Crippen molar-refractivity contribution in [1.82, 2.24) is 9.80 Å². The van der Waals surface area contributed by atoms with Crippen molar-refractivity contribution in [3.8, 4) is 11.5 Å². The van der Waals surface area contributed by atoms with E-state index in [0.29, 0.717) is 25.3 Å². The standard InChI is InChI=1S/C25H30N2O4/c1-26(2)23(28)16-19-17-25(31-22-11-7-6-10-21(19)22)12-14-27(15-13-25)24(29)18-30-20-8-4-3-5-9-20/h3-11,19H,12-18H2,1-2H3/t19-/m1/s1. The number of carbonyl (C=O) groups excluding carboxylic acids is 2. The Balaban J connectivity index is 1.40. The Hall–Kier alpha value is -3.02. The second-order valence-corrected chi connectivity index (χ2v) is 8.70. The number of para-hydroxylation sites is 2. The Kier molecular flexibility index (Phi) is 6.16. The molecule has 2 amide bonds. The van der Waals surface area contributed by atoms with Crippen LogP contribution in [0.2, 0.25) is 0 Å². The molecule has 1 fully saturated rings. The van der Waals surface area contributed by atoms with E-state index in [1.54, 1.807) is 19.0 Å². The molecule has 0 N–H and O–H groups in total. The van der Waals surface area contributed by atoms with Gasteiger partial charge in [0, 0.05) is 52.4 Å². The lowest BCUT2D eigenvalue weighted by molar-refractivity contribution is -0.137. The molecule has 6 nitrogen and oxygen atoms in total. The highest BCUT2D eigenvalue weighted by Crippen LogP contribution is 2.46. The SMILES string of the molecule is CN(C)C(=O)C[C@@H]1CC2(CCN(C(=O)COc3ccccc3)CC2)Oc2ccccc21. The minimum atomic E-state index is -0.331. The predicted molar refractivity (Wildman–Crippen MR) is 118 cm³/mol. The molecule has 0 saturated carbocycles. The van der Waals surface area contributed by atoms with E-state index in [-0.39, 0.29) is 29.9 Å². The number of nitrogens with zero attached hydrogens (tertiary/aromatic N) is 2. The van der Waals surface area contributed by atoms with Crippen molar-refractivity contribution < 1.29 is 19.1 Å². The van der Waals surface area contributed by atoms with Crippen LogP contribution in [0.15, 0.2) is 54.6 Å². The molecular formula is C25H30N2O4. The molecule has 2 heterocycles. The Bertz CT molecular complexity index is 920. The number of fused-ring (bicyclic) bond motifs is 1. The van der Waals surface area contributed by atoms with Crippen LogP contribution in [0.1, 0.15) is 37.2 Å². The Morgan fingerprint density at radius 2 is 1.74 bits per heavy atom. The van der Waals surface area contributed by atoms with Crippen molar-refractivity contribution in [3.63, 3.8) is 0 Å². The lowest BCUT2D eigenvalue weighted by Crippen LogP contribution is -2.52. The molecule has 2 aromatic carbocycles. The fourth-order valence-corrected chi connectivity index (χ4v) is 4.54. The van der Waals surface area contributed by atoms with Crippen molar-refractivity contribution in [2.75, 3.05) is 33.8 Å². The number of piperidine rings is 1. The quantitative estimate of drug-likeness (QED) is 0.740. The van der Waals surface area contributed by atoms with Crippen molar-refractivity contribution >= 4 is 11.8 Å². The Morgan fingerprint density at radius 1 is 1.06 bits per heavy atom. The van der Waals surface area contributed by atoms with Gasteiger partial charge >= 0.3 is 0 Å². The number of hydrogen-bond donors (Lipinski definition) is 0. The monoisotopic (exact) mass is 422 g/mol. The number of carbonyl (C=O) groups is 2. The topological polar surface area (TPSA) is 59.1 Å². The molecule has 31 heavy (non-hydrogen) atoms. The third-order valence-electron chi connectivity index (χ3n) is 6.36. The van der Waals surface area contributed by atoms with E-state index in [9.17, 15) is 9.59 Å². The zero-order valence-electron chi connectivity index (χ0n) is 18.3. The van der Waals surface area contributed by atoms with Crippen LogP contribution in [-0.4, -0.2) is 61.0 Å². The molecule has 6 heteroatoms. The first-order chi connectivity index (χ1) is 15.0. The smallest absolute Gasteiger partial charge is 0.260 e. The highest BCUT2D eigenvalue weighted by Gasteiger charge is 2.44. The van der Waals surface area contributed by atoms with Crippen LogP contribution < -0.4 is 9.47 Å². The molecule has 0 unspecified atom stereocenters. The van der Waals surface area contributed by atoms with Gasteiger partial charge in [-0.25, -0.2) is 0 Å². The summed E-state index contributed by atoms with van der Waals surface area (Å²) in [4.78, 5) is 28.6. The number of benzene rings is 2. The second-order valence-electron chi connectivity index (χ2n) is 8.70. The van der Waals surface area contributed by atoms with Crippen LogP contribution >= 0.6 is 0 Å². The molecule has 0 bridgehead atoms. The molecule has 164 valence electrons. The highest BCUT2D eigenvalue weighted by atomic mass is 16.5. The van der Waals surface area contributed by atoms with Crippen LogP contribution in [0, 0.1) is 0 Å². The fraction of sp³-hybridized carbons (Fsp3) is 0.440. The highest BCUT2D eigenvalue weighted by molar-refractivity contribution is 5.78. The van der Waals surface area contributed by atoms with Crippen LogP contribution in [-0.2, 0) is 9.59 Å². The second kappa shape index (κ2) is 9.00. The molecule has 2 aromatic rings. The van der Waals surface area contributed by atoms with Gasteiger partial charge in [-0.2, -0.15) is 0 Å². The van der Waals surface area contributed by atoms with Gasteiger partial charge in [-0.05, 0) is 30.2 Å². The number of amides is 2. The van der Waals surface area contributed by atoms with Crippen LogP contribution in [0.4, 0.5) is 0 Å². The largest absolute Gasteiger partial charge is 0.487 e. The maximum Gasteiger partial charge on any atom is 0.260 e. The minimum Gasteiger partial charge on any atom is -0.487 e. The average Bonchev–Trinajstić information content (AvgIpc) is 2.78. The molecule has 1 saturated heterocycles. The lowest BCUT2D eigenvalue weighted by Gasteiger charge is -2.47. The van der Waals surface area contributed by atoms with Crippen molar-refractivity contribution in [2.45, 2.75) is 37.2 Å². The molecule has 2 aliphatic heterocycles. The minimum absolute atomic E-state index is 0.00533. The number of rotatable bonds is 5. The summed E-state index contributed by atoms with van der Waals surface area (Å²) in [5.74, 6) is 1.82. The summed E-state index contributed by atoms with van der Waals surface area (Å²) in [6, 6.07) is 17.4. The molecule has 4 rings (SSSR count).